The largest absolute Gasteiger partial charge is 0.395 e. The molecule has 0 bridgehead atoms. The summed E-state index contributed by atoms with van der Waals surface area (Å²) in [4.78, 5) is 4.67. The lowest BCUT2D eigenvalue weighted by Gasteiger charge is -2.33. The molecule has 0 aliphatic rings. The highest BCUT2D eigenvalue weighted by Crippen LogP contribution is 2.44. The number of aryl methyl sites for hydroxylation is 1. The van der Waals surface area contributed by atoms with Gasteiger partial charge in [-0.1, -0.05) is 71.4 Å². The van der Waals surface area contributed by atoms with Crippen molar-refractivity contribution in [1.29, 1.82) is 0 Å². The van der Waals surface area contributed by atoms with E-state index in [4.69, 9.17) is 11.5 Å². The Bertz CT molecular complexity index is 715. The van der Waals surface area contributed by atoms with Gasteiger partial charge >= 0.3 is 0 Å². The van der Waals surface area contributed by atoms with E-state index in [9.17, 15) is 0 Å². The van der Waals surface area contributed by atoms with Gasteiger partial charge in [0, 0.05) is 5.56 Å². The third-order valence-electron chi connectivity index (χ3n) is 4.09. The van der Waals surface area contributed by atoms with Crippen LogP contribution in [-0.2, 0) is 10.8 Å². The molecule has 1 aromatic heterocycles. The Balaban J connectivity index is 2.92. The number of hydrogen-bond acceptors (Lipinski definition) is 3. The van der Waals surface area contributed by atoms with Crippen LogP contribution in [0.5, 0.6) is 0 Å². The summed E-state index contributed by atoms with van der Waals surface area (Å²) in [5, 5.41) is 0. The number of nitrogen functional groups attached to an aromatic ring is 2. The summed E-state index contributed by atoms with van der Waals surface area (Å²) in [7, 11) is 0. The highest BCUT2D eigenvalue weighted by molar-refractivity contribution is 5.77. The van der Waals surface area contributed by atoms with Crippen molar-refractivity contribution in [2.24, 2.45) is 0 Å². The molecule has 0 amide bonds. The number of pyridine rings is 1. The van der Waals surface area contributed by atoms with Gasteiger partial charge in [-0.05, 0) is 28.9 Å². The molecule has 2 aromatic rings. The van der Waals surface area contributed by atoms with Crippen molar-refractivity contribution in [2.75, 3.05) is 11.5 Å². The van der Waals surface area contributed by atoms with Crippen molar-refractivity contribution < 1.29 is 0 Å². The molecule has 2 rings (SSSR count). The predicted octanol–water partition coefficient (Wildman–Crippen LogP) is 4.82. The molecular weight excluding hydrogens is 282 g/mol. The van der Waals surface area contributed by atoms with Crippen molar-refractivity contribution >= 4 is 11.5 Å². The first kappa shape index (κ1) is 17.3. The second-order valence-corrected chi connectivity index (χ2v) is 8.38. The summed E-state index contributed by atoms with van der Waals surface area (Å²) in [6, 6.07) is 8.42. The number of aromatic nitrogens is 1. The van der Waals surface area contributed by atoms with Crippen LogP contribution >= 0.6 is 0 Å². The molecule has 0 saturated heterocycles. The zero-order valence-corrected chi connectivity index (χ0v) is 15.4. The number of rotatable bonds is 1. The second kappa shape index (κ2) is 5.55. The third-order valence-corrected chi connectivity index (χ3v) is 4.09. The van der Waals surface area contributed by atoms with Gasteiger partial charge in [0.15, 0.2) is 0 Å². The van der Waals surface area contributed by atoms with E-state index in [1.165, 1.54) is 11.1 Å². The van der Waals surface area contributed by atoms with Gasteiger partial charge in [0.25, 0.3) is 0 Å². The summed E-state index contributed by atoms with van der Waals surface area (Å²) in [5.74, 6) is 0.415. The molecule has 124 valence electrons. The maximum absolute atomic E-state index is 6.35. The van der Waals surface area contributed by atoms with Crippen LogP contribution in [-0.4, -0.2) is 4.98 Å². The van der Waals surface area contributed by atoms with E-state index in [-0.39, 0.29) is 10.8 Å². The Kier molecular flexibility index (Phi) is 4.18. The fourth-order valence-electron chi connectivity index (χ4n) is 3.05. The van der Waals surface area contributed by atoms with Crippen molar-refractivity contribution in [2.45, 2.75) is 59.3 Å². The van der Waals surface area contributed by atoms with Crippen molar-refractivity contribution in [3.05, 3.63) is 41.0 Å². The van der Waals surface area contributed by atoms with Crippen LogP contribution in [0.25, 0.3) is 11.3 Å². The average molecular weight is 311 g/mol. The predicted molar refractivity (Wildman–Crippen MR) is 101 cm³/mol. The molecule has 0 aliphatic carbocycles. The molecule has 0 saturated carbocycles. The molecule has 23 heavy (non-hydrogen) atoms. The summed E-state index contributed by atoms with van der Waals surface area (Å²) in [5.41, 5.74) is 18.5. The normalized spacial score (nSPS) is 12.5. The average Bonchev–Trinajstić information content (AvgIpc) is 2.39. The van der Waals surface area contributed by atoms with E-state index in [0.717, 1.165) is 16.8 Å². The molecule has 3 nitrogen and oxygen atoms in total. The van der Waals surface area contributed by atoms with E-state index in [1.54, 1.807) is 0 Å². The Labute approximate surface area is 140 Å². The number of anilines is 2. The molecule has 1 aromatic carbocycles. The second-order valence-electron chi connectivity index (χ2n) is 8.38. The first-order valence-electron chi connectivity index (χ1n) is 8.10. The highest BCUT2D eigenvalue weighted by Gasteiger charge is 2.32. The third kappa shape index (κ3) is 3.34. The van der Waals surface area contributed by atoms with E-state index in [2.05, 4.69) is 77.7 Å². The van der Waals surface area contributed by atoms with Gasteiger partial charge in [0.2, 0.25) is 0 Å². The lowest BCUT2D eigenvalue weighted by atomic mass is 9.73. The van der Waals surface area contributed by atoms with Gasteiger partial charge in [-0.15, -0.1) is 0 Å². The van der Waals surface area contributed by atoms with Gasteiger partial charge in [-0.25, -0.2) is 4.98 Å². The molecule has 0 radical (unpaired) electrons. The van der Waals surface area contributed by atoms with Gasteiger partial charge in [0.05, 0.1) is 11.4 Å². The Morgan fingerprint density at radius 1 is 0.783 bits per heavy atom. The molecule has 4 N–H and O–H groups in total. The fraction of sp³-hybridized carbons (Fsp3) is 0.450. The van der Waals surface area contributed by atoms with Crippen LogP contribution in [0.4, 0.5) is 11.5 Å². The highest BCUT2D eigenvalue weighted by atomic mass is 14.9. The molecule has 0 unspecified atom stereocenters. The van der Waals surface area contributed by atoms with Crippen molar-refractivity contribution in [3.8, 4) is 11.3 Å². The van der Waals surface area contributed by atoms with Crippen LogP contribution in [0.1, 0.15) is 58.2 Å². The van der Waals surface area contributed by atoms with Gasteiger partial charge in [0.1, 0.15) is 5.82 Å². The molecule has 0 atom stereocenters. The minimum atomic E-state index is -0.108. The number of hydrogen-bond donors (Lipinski definition) is 2. The van der Waals surface area contributed by atoms with Gasteiger partial charge < -0.3 is 11.5 Å². The first-order chi connectivity index (χ1) is 10.4. The number of nitrogens with two attached hydrogens (primary N) is 2. The van der Waals surface area contributed by atoms with Crippen LogP contribution in [0.15, 0.2) is 24.3 Å². The topological polar surface area (TPSA) is 64.9 Å². The van der Waals surface area contributed by atoms with E-state index in [1.807, 2.05) is 0 Å². The van der Waals surface area contributed by atoms with Crippen LogP contribution in [0.2, 0.25) is 0 Å². The molecule has 0 spiro atoms. The SMILES string of the molecule is Cc1ccc(-c2nc(N)c(N)c(C(C)(C)C)c2C(C)(C)C)cc1. The zero-order chi connectivity index (χ0) is 17.6. The Hall–Kier alpha value is -2.03. The number of nitrogens with zero attached hydrogens (tertiary/aromatic N) is 1. The summed E-state index contributed by atoms with van der Waals surface area (Å²) in [6.07, 6.45) is 0. The standard InChI is InChI=1S/C20H29N3/c1-12-8-10-13(11-9-12)17-15(20(5,6)7)14(19(2,3)4)16(21)18(22)23-17/h8-11H,21H2,1-7H3,(H2,22,23). The minimum Gasteiger partial charge on any atom is -0.395 e. The molecular formula is C20H29N3. The molecule has 0 aliphatic heterocycles. The van der Waals surface area contributed by atoms with Crippen molar-refractivity contribution in [3.63, 3.8) is 0 Å². The monoisotopic (exact) mass is 311 g/mol. The minimum absolute atomic E-state index is 0.0857. The lowest BCUT2D eigenvalue weighted by Crippen LogP contribution is -2.26. The summed E-state index contributed by atoms with van der Waals surface area (Å²) < 4.78 is 0. The van der Waals surface area contributed by atoms with Crippen LogP contribution < -0.4 is 11.5 Å². The smallest absolute Gasteiger partial charge is 0.147 e. The maximum Gasteiger partial charge on any atom is 0.147 e. The fourth-order valence-corrected chi connectivity index (χ4v) is 3.05. The summed E-state index contributed by atoms with van der Waals surface area (Å²) >= 11 is 0. The van der Waals surface area contributed by atoms with E-state index < -0.39 is 0 Å². The Morgan fingerprint density at radius 2 is 1.26 bits per heavy atom. The van der Waals surface area contributed by atoms with Crippen molar-refractivity contribution in [1.82, 2.24) is 4.98 Å². The maximum atomic E-state index is 6.35. The number of benzene rings is 1. The molecule has 1 heterocycles. The lowest BCUT2D eigenvalue weighted by molar-refractivity contribution is 0.531. The van der Waals surface area contributed by atoms with E-state index in [0.29, 0.717) is 11.5 Å². The zero-order valence-electron chi connectivity index (χ0n) is 15.4. The van der Waals surface area contributed by atoms with E-state index >= 15 is 0 Å². The molecule has 3 heteroatoms. The quantitative estimate of drug-likeness (QED) is 0.793. The van der Waals surface area contributed by atoms with Crippen LogP contribution in [0, 0.1) is 6.92 Å². The Morgan fingerprint density at radius 3 is 1.70 bits per heavy atom. The first-order valence-corrected chi connectivity index (χ1v) is 8.10. The van der Waals surface area contributed by atoms with Gasteiger partial charge in [-0.3, -0.25) is 0 Å². The molecule has 0 fully saturated rings. The van der Waals surface area contributed by atoms with Gasteiger partial charge in [-0.2, -0.15) is 0 Å². The van der Waals surface area contributed by atoms with Crippen LogP contribution in [0.3, 0.4) is 0 Å². The summed E-state index contributed by atoms with van der Waals surface area (Å²) in [6.45, 7) is 15.2.